The molecule has 1 saturated heterocycles. The number of piperidine rings is 1. The van der Waals surface area contributed by atoms with Gasteiger partial charge in [0, 0.05) is 18.8 Å². The SMILES string of the molecule is NCc1ccc(NC(=O)OCCN2CCCCC2)cc1. The van der Waals surface area contributed by atoms with Crippen molar-refractivity contribution in [3.63, 3.8) is 0 Å². The van der Waals surface area contributed by atoms with Crippen LogP contribution in [0.4, 0.5) is 10.5 Å². The number of nitrogens with two attached hydrogens (primary N) is 1. The Kier molecular flexibility index (Phi) is 5.83. The van der Waals surface area contributed by atoms with Crippen LogP contribution in [0.3, 0.4) is 0 Å². The maximum atomic E-state index is 11.6. The molecule has 110 valence electrons. The maximum absolute atomic E-state index is 11.6. The number of hydrogen-bond acceptors (Lipinski definition) is 4. The van der Waals surface area contributed by atoms with Gasteiger partial charge in [0.15, 0.2) is 0 Å². The van der Waals surface area contributed by atoms with Gasteiger partial charge < -0.3 is 10.5 Å². The second-order valence-corrected chi connectivity index (χ2v) is 5.06. The van der Waals surface area contributed by atoms with E-state index in [0.717, 1.165) is 30.9 Å². The van der Waals surface area contributed by atoms with Crippen LogP contribution < -0.4 is 11.1 Å². The number of amides is 1. The third kappa shape index (κ3) is 4.83. The van der Waals surface area contributed by atoms with E-state index in [4.69, 9.17) is 10.5 Å². The summed E-state index contributed by atoms with van der Waals surface area (Å²) in [6.07, 6.45) is 3.42. The topological polar surface area (TPSA) is 67.6 Å². The number of hydrogen-bond donors (Lipinski definition) is 2. The highest BCUT2D eigenvalue weighted by atomic mass is 16.5. The van der Waals surface area contributed by atoms with E-state index >= 15 is 0 Å². The molecule has 0 aliphatic carbocycles. The van der Waals surface area contributed by atoms with Gasteiger partial charge >= 0.3 is 6.09 Å². The quantitative estimate of drug-likeness (QED) is 0.865. The summed E-state index contributed by atoms with van der Waals surface area (Å²) in [6, 6.07) is 7.44. The fourth-order valence-corrected chi connectivity index (χ4v) is 2.33. The van der Waals surface area contributed by atoms with Crippen LogP contribution in [-0.2, 0) is 11.3 Å². The van der Waals surface area contributed by atoms with Gasteiger partial charge in [0.2, 0.25) is 0 Å². The lowest BCUT2D eigenvalue weighted by atomic mass is 10.1. The van der Waals surface area contributed by atoms with Crippen molar-refractivity contribution in [1.29, 1.82) is 0 Å². The van der Waals surface area contributed by atoms with Crippen LogP contribution in [0.1, 0.15) is 24.8 Å². The van der Waals surface area contributed by atoms with Crippen LogP contribution in [0.2, 0.25) is 0 Å². The van der Waals surface area contributed by atoms with Crippen LogP contribution in [0, 0.1) is 0 Å². The highest BCUT2D eigenvalue weighted by Crippen LogP contribution is 2.10. The normalized spacial score (nSPS) is 15.8. The van der Waals surface area contributed by atoms with Crippen molar-refractivity contribution in [3.05, 3.63) is 29.8 Å². The molecule has 1 heterocycles. The number of ether oxygens (including phenoxy) is 1. The minimum atomic E-state index is -0.400. The summed E-state index contributed by atoms with van der Waals surface area (Å²) in [5, 5.41) is 2.71. The van der Waals surface area contributed by atoms with E-state index in [1.54, 1.807) is 0 Å². The third-order valence-corrected chi connectivity index (χ3v) is 3.53. The van der Waals surface area contributed by atoms with E-state index in [0.29, 0.717) is 13.2 Å². The van der Waals surface area contributed by atoms with Crippen molar-refractivity contribution >= 4 is 11.8 Å². The molecule has 2 rings (SSSR count). The molecule has 1 aliphatic heterocycles. The largest absolute Gasteiger partial charge is 0.448 e. The molecule has 1 aliphatic rings. The molecule has 3 N–H and O–H groups in total. The molecule has 0 bridgehead atoms. The van der Waals surface area contributed by atoms with Crippen molar-refractivity contribution in [1.82, 2.24) is 4.90 Å². The summed E-state index contributed by atoms with van der Waals surface area (Å²) in [5.74, 6) is 0. The molecule has 5 nitrogen and oxygen atoms in total. The molecular formula is C15H23N3O2. The molecule has 0 unspecified atom stereocenters. The number of carbonyl (C=O) groups is 1. The van der Waals surface area contributed by atoms with E-state index in [9.17, 15) is 4.79 Å². The van der Waals surface area contributed by atoms with Crippen molar-refractivity contribution in [2.75, 3.05) is 31.6 Å². The molecule has 20 heavy (non-hydrogen) atoms. The Labute approximate surface area is 120 Å². The van der Waals surface area contributed by atoms with Gasteiger partial charge in [-0.25, -0.2) is 4.79 Å². The molecule has 0 aromatic heterocycles. The van der Waals surface area contributed by atoms with Gasteiger partial charge in [-0.15, -0.1) is 0 Å². The summed E-state index contributed by atoms with van der Waals surface area (Å²) in [4.78, 5) is 14.0. The van der Waals surface area contributed by atoms with Crippen LogP contribution >= 0.6 is 0 Å². The smallest absolute Gasteiger partial charge is 0.411 e. The Morgan fingerprint density at radius 3 is 2.55 bits per heavy atom. The Morgan fingerprint density at radius 2 is 1.90 bits per heavy atom. The molecule has 0 spiro atoms. The first-order chi connectivity index (χ1) is 9.78. The number of anilines is 1. The second kappa shape index (κ2) is 7.87. The van der Waals surface area contributed by atoms with E-state index in [-0.39, 0.29) is 0 Å². The Bertz CT molecular complexity index is 414. The van der Waals surface area contributed by atoms with Gasteiger partial charge in [-0.1, -0.05) is 18.6 Å². The monoisotopic (exact) mass is 277 g/mol. The molecule has 5 heteroatoms. The number of rotatable bonds is 5. The van der Waals surface area contributed by atoms with E-state index in [1.165, 1.54) is 19.3 Å². The predicted octanol–water partition coefficient (Wildman–Crippen LogP) is 2.18. The summed E-state index contributed by atoms with van der Waals surface area (Å²) in [7, 11) is 0. The minimum absolute atomic E-state index is 0.400. The van der Waals surface area contributed by atoms with Crippen molar-refractivity contribution in [3.8, 4) is 0 Å². The Morgan fingerprint density at radius 1 is 1.20 bits per heavy atom. The first-order valence-corrected chi connectivity index (χ1v) is 7.23. The highest BCUT2D eigenvalue weighted by molar-refractivity contribution is 5.84. The first-order valence-electron chi connectivity index (χ1n) is 7.23. The zero-order valence-corrected chi connectivity index (χ0v) is 11.8. The Hall–Kier alpha value is -1.59. The summed E-state index contributed by atoms with van der Waals surface area (Å²) in [5.41, 5.74) is 7.28. The van der Waals surface area contributed by atoms with Crippen molar-refractivity contribution < 1.29 is 9.53 Å². The second-order valence-electron chi connectivity index (χ2n) is 5.06. The third-order valence-electron chi connectivity index (χ3n) is 3.53. The molecule has 1 amide bonds. The highest BCUT2D eigenvalue weighted by Gasteiger charge is 2.10. The zero-order valence-electron chi connectivity index (χ0n) is 11.8. The van der Waals surface area contributed by atoms with E-state index < -0.39 is 6.09 Å². The summed E-state index contributed by atoms with van der Waals surface area (Å²) >= 11 is 0. The van der Waals surface area contributed by atoms with E-state index in [2.05, 4.69) is 10.2 Å². The molecule has 1 aromatic carbocycles. The maximum Gasteiger partial charge on any atom is 0.411 e. The Balaban J connectivity index is 1.66. The van der Waals surface area contributed by atoms with Gasteiger partial charge in [0.1, 0.15) is 6.61 Å². The van der Waals surface area contributed by atoms with Crippen LogP contribution in [0.5, 0.6) is 0 Å². The first kappa shape index (κ1) is 14.8. The molecule has 0 saturated carbocycles. The summed E-state index contributed by atoms with van der Waals surface area (Å²) < 4.78 is 5.19. The number of nitrogens with one attached hydrogen (secondary N) is 1. The van der Waals surface area contributed by atoms with Gasteiger partial charge in [0.05, 0.1) is 0 Å². The lowest BCUT2D eigenvalue weighted by Crippen LogP contribution is -2.33. The number of carbonyl (C=O) groups excluding carboxylic acids is 1. The lowest BCUT2D eigenvalue weighted by Gasteiger charge is -2.25. The molecule has 1 fully saturated rings. The van der Waals surface area contributed by atoms with Crippen LogP contribution in [-0.4, -0.2) is 37.2 Å². The van der Waals surface area contributed by atoms with Gasteiger partial charge in [0.25, 0.3) is 0 Å². The lowest BCUT2D eigenvalue weighted by molar-refractivity contribution is 0.131. The molecule has 0 atom stereocenters. The predicted molar refractivity (Wildman–Crippen MR) is 79.6 cm³/mol. The summed E-state index contributed by atoms with van der Waals surface area (Å²) in [6.45, 7) is 3.99. The number of nitrogens with zero attached hydrogens (tertiary/aromatic N) is 1. The average Bonchev–Trinajstić information content (AvgIpc) is 2.49. The van der Waals surface area contributed by atoms with Gasteiger partial charge in [-0.05, 0) is 43.6 Å². The van der Waals surface area contributed by atoms with Gasteiger partial charge in [-0.2, -0.15) is 0 Å². The number of benzene rings is 1. The fraction of sp³-hybridized carbons (Fsp3) is 0.533. The molecule has 0 radical (unpaired) electrons. The van der Waals surface area contributed by atoms with Crippen molar-refractivity contribution in [2.24, 2.45) is 5.73 Å². The van der Waals surface area contributed by atoms with E-state index in [1.807, 2.05) is 24.3 Å². The number of likely N-dealkylation sites (tertiary alicyclic amines) is 1. The standard InChI is InChI=1S/C15H23N3O2/c16-12-13-4-6-14(7-5-13)17-15(19)20-11-10-18-8-2-1-3-9-18/h4-7H,1-3,8-12,16H2,(H,17,19). The fourth-order valence-electron chi connectivity index (χ4n) is 2.33. The average molecular weight is 277 g/mol. The van der Waals surface area contributed by atoms with Crippen molar-refractivity contribution in [2.45, 2.75) is 25.8 Å². The molecular weight excluding hydrogens is 254 g/mol. The van der Waals surface area contributed by atoms with Crippen LogP contribution in [0.25, 0.3) is 0 Å². The molecule has 1 aromatic rings. The van der Waals surface area contributed by atoms with Gasteiger partial charge in [-0.3, -0.25) is 10.2 Å². The van der Waals surface area contributed by atoms with Crippen LogP contribution in [0.15, 0.2) is 24.3 Å². The minimum Gasteiger partial charge on any atom is -0.448 e. The zero-order chi connectivity index (χ0) is 14.2.